The summed E-state index contributed by atoms with van der Waals surface area (Å²) in [7, 11) is 0. The fourth-order valence-electron chi connectivity index (χ4n) is 2.68. The Morgan fingerprint density at radius 3 is 2.67 bits per heavy atom. The van der Waals surface area contributed by atoms with Gasteiger partial charge in [-0.05, 0) is 26.2 Å². The van der Waals surface area contributed by atoms with E-state index in [1.807, 2.05) is 0 Å². The zero-order valence-corrected chi connectivity index (χ0v) is 12.5. The molecule has 0 aromatic heterocycles. The lowest BCUT2D eigenvalue weighted by molar-refractivity contribution is -0.156. The molecule has 118 valence electrons. The van der Waals surface area contributed by atoms with Crippen molar-refractivity contribution in [1.82, 2.24) is 4.90 Å². The van der Waals surface area contributed by atoms with Crippen LogP contribution in [0.1, 0.15) is 26.2 Å². The van der Waals surface area contributed by atoms with Crippen LogP contribution in [0.25, 0.3) is 0 Å². The van der Waals surface area contributed by atoms with Gasteiger partial charge in [0.05, 0.1) is 12.0 Å². The van der Waals surface area contributed by atoms with Crippen molar-refractivity contribution in [2.24, 2.45) is 11.7 Å². The third-order valence-corrected chi connectivity index (χ3v) is 5.28. The monoisotopic (exact) mass is 316 g/mol. The zero-order chi connectivity index (χ0) is 15.7. The second-order valence-corrected chi connectivity index (χ2v) is 6.49. The van der Waals surface area contributed by atoms with Gasteiger partial charge >= 0.3 is 5.97 Å². The van der Waals surface area contributed by atoms with Gasteiger partial charge in [-0.3, -0.25) is 9.69 Å². The first-order chi connectivity index (χ1) is 9.90. The first-order valence-corrected chi connectivity index (χ1v) is 7.79. The van der Waals surface area contributed by atoms with Crippen LogP contribution in [0.2, 0.25) is 0 Å². The van der Waals surface area contributed by atoms with E-state index < -0.39 is 24.0 Å². The quantitative estimate of drug-likeness (QED) is 0.375. The lowest BCUT2D eigenvalue weighted by Crippen LogP contribution is -2.60. The largest absolute Gasteiger partial charge is 0.477 e. The molecule has 2 aliphatic heterocycles. The minimum absolute atomic E-state index is 0.0524. The number of nitrogens with zero attached hydrogens (tertiary/aromatic N) is 1. The minimum Gasteiger partial charge on any atom is -0.477 e. The highest BCUT2D eigenvalue weighted by molar-refractivity contribution is 8.04. The normalized spacial score (nSPS) is 27.4. The van der Waals surface area contributed by atoms with Crippen LogP contribution < -0.4 is 5.73 Å². The van der Waals surface area contributed by atoms with Crippen molar-refractivity contribution in [3.8, 4) is 0 Å². The fraction of sp³-hybridized carbons (Fsp3) is 0.692. The Labute approximate surface area is 126 Å². The first kappa shape index (κ1) is 16.3. The number of thioether (sulfide) groups is 1. The molecule has 2 heterocycles. The topological polar surface area (TPSA) is 124 Å². The minimum atomic E-state index is -1.17. The highest BCUT2D eigenvalue weighted by Gasteiger charge is 2.58. The molecule has 1 saturated heterocycles. The van der Waals surface area contributed by atoms with Crippen LogP contribution >= 0.6 is 11.8 Å². The molecule has 1 fully saturated rings. The number of aliphatic hydroxyl groups is 2. The molecule has 0 saturated carbocycles. The summed E-state index contributed by atoms with van der Waals surface area (Å²) in [5.74, 6) is -2.11. The van der Waals surface area contributed by atoms with E-state index in [4.69, 9.17) is 10.8 Å². The van der Waals surface area contributed by atoms with E-state index in [0.29, 0.717) is 24.2 Å². The van der Waals surface area contributed by atoms with E-state index in [-0.39, 0.29) is 23.6 Å². The van der Waals surface area contributed by atoms with Crippen molar-refractivity contribution in [2.75, 3.05) is 6.61 Å². The number of rotatable bonds is 7. The van der Waals surface area contributed by atoms with Gasteiger partial charge in [-0.2, -0.15) is 0 Å². The van der Waals surface area contributed by atoms with E-state index in [9.17, 15) is 19.8 Å². The summed E-state index contributed by atoms with van der Waals surface area (Å²) in [5, 5.41) is 27.4. The maximum Gasteiger partial charge on any atom is 0.353 e. The van der Waals surface area contributed by atoms with Crippen LogP contribution in [-0.2, 0) is 9.59 Å². The molecule has 0 aliphatic carbocycles. The van der Waals surface area contributed by atoms with Crippen molar-refractivity contribution in [3.05, 3.63) is 10.6 Å². The number of carbonyl (C=O) groups is 2. The number of amides is 1. The number of aliphatic carboxylic acids is 1. The van der Waals surface area contributed by atoms with Crippen LogP contribution in [0.3, 0.4) is 0 Å². The van der Waals surface area contributed by atoms with Crippen molar-refractivity contribution >= 4 is 23.6 Å². The molecule has 7 nitrogen and oxygen atoms in total. The van der Waals surface area contributed by atoms with E-state index in [1.54, 1.807) is 0 Å². The summed E-state index contributed by atoms with van der Waals surface area (Å²) in [6.07, 6.45) is 1.03. The Balaban J connectivity index is 2.16. The summed E-state index contributed by atoms with van der Waals surface area (Å²) in [6.45, 7) is 1.60. The number of carboxylic acid groups (broad SMARTS) is 1. The summed E-state index contributed by atoms with van der Waals surface area (Å²) in [5.41, 5.74) is 5.99. The number of carbonyl (C=O) groups excluding carboxylic acids is 1. The summed E-state index contributed by atoms with van der Waals surface area (Å²) in [4.78, 5) is 25.2. The standard InChI is InChI=1S/C13H20N2O5S/c1-6(17)8-11(18)15-9(13(19)20)10(21-12(8)15)7(14)4-2-3-5-16/h6-8,12,16-17H,2-5,14H2,1H3,(H,19,20)/t6?,7-,8+,12-/m1/s1. The van der Waals surface area contributed by atoms with Gasteiger partial charge in [0, 0.05) is 17.6 Å². The average molecular weight is 316 g/mol. The van der Waals surface area contributed by atoms with Gasteiger partial charge in [0.2, 0.25) is 5.91 Å². The van der Waals surface area contributed by atoms with Gasteiger partial charge in [0.25, 0.3) is 0 Å². The van der Waals surface area contributed by atoms with Crippen LogP contribution in [0.4, 0.5) is 0 Å². The number of hydrogen-bond donors (Lipinski definition) is 4. The number of carboxylic acids is 1. The molecule has 8 heteroatoms. The molecule has 21 heavy (non-hydrogen) atoms. The van der Waals surface area contributed by atoms with Crippen molar-refractivity contribution < 1.29 is 24.9 Å². The number of unbranched alkanes of at least 4 members (excludes halogenated alkanes) is 1. The molecule has 0 bridgehead atoms. The zero-order valence-electron chi connectivity index (χ0n) is 11.7. The van der Waals surface area contributed by atoms with Crippen LogP contribution in [-0.4, -0.2) is 56.2 Å². The van der Waals surface area contributed by atoms with Crippen molar-refractivity contribution in [2.45, 2.75) is 43.7 Å². The molecule has 2 aliphatic rings. The Morgan fingerprint density at radius 1 is 1.48 bits per heavy atom. The molecular weight excluding hydrogens is 296 g/mol. The van der Waals surface area contributed by atoms with Gasteiger partial charge in [0.15, 0.2) is 0 Å². The molecule has 1 amide bonds. The number of β-lactam (4-membered cyclic amide) rings is 1. The van der Waals surface area contributed by atoms with E-state index in [0.717, 1.165) is 0 Å². The Hall–Kier alpha value is -1.09. The van der Waals surface area contributed by atoms with Gasteiger partial charge < -0.3 is 21.1 Å². The molecule has 0 radical (unpaired) electrons. The summed E-state index contributed by atoms with van der Waals surface area (Å²) >= 11 is 1.26. The summed E-state index contributed by atoms with van der Waals surface area (Å²) < 4.78 is 0. The molecule has 4 atom stereocenters. The Morgan fingerprint density at radius 2 is 2.14 bits per heavy atom. The molecular formula is C13H20N2O5S. The lowest BCUT2D eigenvalue weighted by Gasteiger charge is -2.43. The van der Waals surface area contributed by atoms with Gasteiger partial charge in [-0.15, -0.1) is 0 Å². The number of hydrogen-bond acceptors (Lipinski definition) is 6. The number of aliphatic hydroxyl groups excluding tert-OH is 2. The molecule has 0 spiro atoms. The molecule has 0 aromatic rings. The van der Waals surface area contributed by atoms with Crippen LogP contribution in [0.15, 0.2) is 10.6 Å². The third kappa shape index (κ3) is 2.80. The molecule has 2 rings (SSSR count). The van der Waals surface area contributed by atoms with Crippen LogP contribution in [0.5, 0.6) is 0 Å². The van der Waals surface area contributed by atoms with E-state index in [2.05, 4.69) is 0 Å². The predicted molar refractivity (Wildman–Crippen MR) is 77.0 cm³/mol. The smallest absolute Gasteiger partial charge is 0.353 e. The third-order valence-electron chi connectivity index (χ3n) is 3.79. The average Bonchev–Trinajstić information content (AvgIpc) is 2.73. The SMILES string of the molecule is CC(O)[C@H]1C(=O)N2C(C(=O)O)=C([C@H](N)CCCCO)S[C@H]12. The highest BCUT2D eigenvalue weighted by Crippen LogP contribution is 2.51. The second kappa shape index (κ2) is 6.35. The maximum absolute atomic E-state index is 12.0. The molecule has 5 N–H and O–H groups in total. The lowest BCUT2D eigenvalue weighted by atomic mass is 9.92. The second-order valence-electron chi connectivity index (χ2n) is 5.33. The maximum atomic E-state index is 12.0. The number of fused-ring (bicyclic) bond motifs is 1. The first-order valence-electron chi connectivity index (χ1n) is 6.91. The predicted octanol–water partition coefficient (Wildman–Crippen LogP) is -0.315. The van der Waals surface area contributed by atoms with Gasteiger partial charge in [-0.25, -0.2) is 4.79 Å². The highest BCUT2D eigenvalue weighted by atomic mass is 32.2. The Kier molecular flexibility index (Phi) is 4.92. The van der Waals surface area contributed by atoms with Crippen LogP contribution in [0, 0.1) is 5.92 Å². The number of nitrogens with two attached hydrogens (primary N) is 1. The van der Waals surface area contributed by atoms with Crippen molar-refractivity contribution in [3.63, 3.8) is 0 Å². The fourth-order valence-corrected chi connectivity index (χ4v) is 4.33. The van der Waals surface area contributed by atoms with Crippen molar-refractivity contribution in [1.29, 1.82) is 0 Å². The molecule has 0 aromatic carbocycles. The van der Waals surface area contributed by atoms with Gasteiger partial charge in [-0.1, -0.05) is 11.8 Å². The summed E-state index contributed by atoms with van der Waals surface area (Å²) in [6, 6.07) is -0.472. The van der Waals surface area contributed by atoms with E-state index >= 15 is 0 Å². The van der Waals surface area contributed by atoms with Gasteiger partial charge in [0.1, 0.15) is 11.1 Å². The Bertz CT molecular complexity index is 479. The van der Waals surface area contributed by atoms with E-state index in [1.165, 1.54) is 23.6 Å². The molecule has 1 unspecified atom stereocenters.